The number of amides is 1. The Balaban J connectivity index is 1.83. The first-order valence-corrected chi connectivity index (χ1v) is 7.95. The van der Waals surface area contributed by atoms with E-state index in [2.05, 4.69) is 16.7 Å². The highest BCUT2D eigenvalue weighted by molar-refractivity contribution is 5.78. The molecule has 0 bridgehead atoms. The predicted octanol–water partition coefficient (Wildman–Crippen LogP) is 1.45. The molecule has 2 fully saturated rings. The van der Waals surface area contributed by atoms with Crippen LogP contribution in [0.2, 0.25) is 0 Å². The Morgan fingerprint density at radius 1 is 1.26 bits per heavy atom. The van der Waals surface area contributed by atoms with E-state index in [9.17, 15) is 4.79 Å². The molecule has 2 saturated heterocycles. The van der Waals surface area contributed by atoms with Gasteiger partial charge in [-0.3, -0.25) is 9.69 Å². The number of piperidine rings is 1. The Labute approximate surface area is 117 Å². The van der Waals surface area contributed by atoms with Crippen LogP contribution in [0, 0.1) is 5.92 Å². The lowest BCUT2D eigenvalue weighted by Gasteiger charge is -2.38. The van der Waals surface area contributed by atoms with E-state index in [4.69, 9.17) is 5.73 Å². The monoisotopic (exact) mass is 267 g/mol. The average molecular weight is 267 g/mol. The highest BCUT2D eigenvalue weighted by Crippen LogP contribution is 2.22. The Morgan fingerprint density at radius 2 is 2.00 bits per heavy atom. The lowest BCUT2D eigenvalue weighted by atomic mass is 9.99. The molecule has 2 atom stereocenters. The number of hydrogen-bond donors (Lipinski definition) is 1. The average Bonchev–Trinajstić information content (AvgIpc) is 2.98. The Bertz CT molecular complexity index is 289. The zero-order valence-corrected chi connectivity index (χ0v) is 12.3. The van der Waals surface area contributed by atoms with E-state index in [1.807, 2.05) is 0 Å². The first kappa shape index (κ1) is 14.8. The van der Waals surface area contributed by atoms with Crippen LogP contribution in [0.5, 0.6) is 0 Å². The molecule has 2 aliphatic heterocycles. The van der Waals surface area contributed by atoms with E-state index in [-0.39, 0.29) is 5.92 Å². The maximum atomic E-state index is 12.4. The summed E-state index contributed by atoms with van der Waals surface area (Å²) in [4.78, 5) is 17.1. The quantitative estimate of drug-likeness (QED) is 0.820. The van der Waals surface area contributed by atoms with Crippen molar-refractivity contribution in [3.05, 3.63) is 0 Å². The molecule has 1 amide bonds. The van der Waals surface area contributed by atoms with Crippen LogP contribution in [-0.2, 0) is 4.79 Å². The van der Waals surface area contributed by atoms with Gasteiger partial charge in [0.2, 0.25) is 5.91 Å². The molecular weight excluding hydrogens is 238 g/mol. The maximum Gasteiger partial charge on any atom is 0.225 e. The molecule has 4 nitrogen and oxygen atoms in total. The van der Waals surface area contributed by atoms with Gasteiger partial charge in [-0.2, -0.15) is 0 Å². The zero-order chi connectivity index (χ0) is 13.7. The number of nitrogens with zero attached hydrogens (tertiary/aromatic N) is 2. The first-order valence-electron chi connectivity index (χ1n) is 7.95. The maximum absolute atomic E-state index is 12.4. The van der Waals surface area contributed by atoms with Gasteiger partial charge in [-0.25, -0.2) is 0 Å². The van der Waals surface area contributed by atoms with Crippen molar-refractivity contribution >= 4 is 5.91 Å². The van der Waals surface area contributed by atoms with E-state index in [1.54, 1.807) is 0 Å². The van der Waals surface area contributed by atoms with Crippen molar-refractivity contribution in [1.29, 1.82) is 0 Å². The number of likely N-dealkylation sites (tertiary alicyclic amines) is 2. The fourth-order valence-corrected chi connectivity index (χ4v) is 3.42. The largest absolute Gasteiger partial charge is 0.341 e. The Morgan fingerprint density at radius 3 is 2.68 bits per heavy atom. The molecule has 0 aromatic rings. The fraction of sp³-hybridized carbons (Fsp3) is 0.933. The summed E-state index contributed by atoms with van der Waals surface area (Å²) in [6.07, 6.45) is 6.97. The summed E-state index contributed by atoms with van der Waals surface area (Å²) >= 11 is 0. The molecule has 0 aliphatic carbocycles. The number of nitrogens with two attached hydrogens (primary N) is 1. The second-order valence-corrected chi connectivity index (χ2v) is 6.16. The van der Waals surface area contributed by atoms with Crippen molar-refractivity contribution in [2.24, 2.45) is 11.7 Å². The summed E-state index contributed by atoms with van der Waals surface area (Å²) in [5.74, 6) is 0.484. The topological polar surface area (TPSA) is 49.6 Å². The summed E-state index contributed by atoms with van der Waals surface area (Å²) in [6.45, 7) is 7.11. The number of hydrogen-bond acceptors (Lipinski definition) is 3. The molecule has 0 aromatic carbocycles. The normalized spacial score (nSPS) is 26.6. The summed E-state index contributed by atoms with van der Waals surface area (Å²) in [5, 5.41) is 0. The van der Waals surface area contributed by atoms with Crippen LogP contribution >= 0.6 is 0 Å². The van der Waals surface area contributed by atoms with Gasteiger partial charge in [0.25, 0.3) is 0 Å². The van der Waals surface area contributed by atoms with Crippen molar-refractivity contribution in [2.45, 2.75) is 51.5 Å². The van der Waals surface area contributed by atoms with Gasteiger partial charge in [0.05, 0.1) is 0 Å². The van der Waals surface area contributed by atoms with E-state index in [1.165, 1.54) is 32.4 Å². The van der Waals surface area contributed by atoms with Crippen LogP contribution in [0.3, 0.4) is 0 Å². The third kappa shape index (κ3) is 3.93. The summed E-state index contributed by atoms with van der Waals surface area (Å²) in [5.41, 5.74) is 5.53. The molecule has 2 aliphatic rings. The Kier molecular flexibility index (Phi) is 5.64. The van der Waals surface area contributed by atoms with Crippen LogP contribution in [0.25, 0.3) is 0 Å². The minimum Gasteiger partial charge on any atom is -0.341 e. The van der Waals surface area contributed by atoms with E-state index >= 15 is 0 Å². The fourth-order valence-electron chi connectivity index (χ4n) is 3.42. The molecule has 2 rings (SSSR count). The number of rotatable bonds is 5. The second kappa shape index (κ2) is 7.25. The van der Waals surface area contributed by atoms with E-state index in [0.717, 1.165) is 32.4 Å². The number of carbonyl (C=O) groups excluding carboxylic acids is 1. The first-order chi connectivity index (χ1) is 9.22. The molecule has 0 radical (unpaired) electrons. The summed E-state index contributed by atoms with van der Waals surface area (Å²) in [7, 11) is 0. The standard InChI is InChI=1S/C15H29N3O/c1-13(6-4-8-16)15(19)18-11-5-7-14(12-18)17-9-2-3-10-17/h13-14H,2-12,16H2,1H3. The number of carbonyl (C=O) groups is 1. The third-order valence-electron chi connectivity index (χ3n) is 4.63. The van der Waals surface area contributed by atoms with Gasteiger partial charge < -0.3 is 10.6 Å². The molecule has 110 valence electrons. The van der Waals surface area contributed by atoms with Crippen molar-refractivity contribution in [1.82, 2.24) is 9.80 Å². The van der Waals surface area contributed by atoms with Crippen LogP contribution in [0.4, 0.5) is 0 Å². The minimum absolute atomic E-state index is 0.140. The van der Waals surface area contributed by atoms with Gasteiger partial charge >= 0.3 is 0 Å². The van der Waals surface area contributed by atoms with Crippen molar-refractivity contribution in [3.8, 4) is 0 Å². The van der Waals surface area contributed by atoms with E-state index in [0.29, 0.717) is 18.5 Å². The van der Waals surface area contributed by atoms with Gasteiger partial charge in [0.15, 0.2) is 0 Å². The molecule has 2 N–H and O–H groups in total. The van der Waals surface area contributed by atoms with Crippen LogP contribution in [-0.4, -0.2) is 54.5 Å². The van der Waals surface area contributed by atoms with Crippen LogP contribution in [0.15, 0.2) is 0 Å². The highest BCUT2D eigenvalue weighted by atomic mass is 16.2. The third-order valence-corrected chi connectivity index (χ3v) is 4.63. The summed E-state index contributed by atoms with van der Waals surface area (Å²) in [6, 6.07) is 0.613. The molecule has 0 saturated carbocycles. The van der Waals surface area contributed by atoms with Crippen molar-refractivity contribution in [3.63, 3.8) is 0 Å². The predicted molar refractivity (Wildman–Crippen MR) is 77.9 cm³/mol. The lowest BCUT2D eigenvalue weighted by molar-refractivity contribution is -0.137. The molecule has 2 unspecified atom stereocenters. The smallest absolute Gasteiger partial charge is 0.225 e. The minimum atomic E-state index is 0.140. The van der Waals surface area contributed by atoms with Gasteiger partial charge in [-0.15, -0.1) is 0 Å². The van der Waals surface area contributed by atoms with Crippen LogP contribution in [0.1, 0.15) is 45.4 Å². The van der Waals surface area contributed by atoms with E-state index < -0.39 is 0 Å². The highest BCUT2D eigenvalue weighted by Gasteiger charge is 2.30. The second-order valence-electron chi connectivity index (χ2n) is 6.16. The van der Waals surface area contributed by atoms with Crippen LogP contribution < -0.4 is 5.73 Å². The molecule has 4 heteroatoms. The molecule has 0 aromatic heterocycles. The Hall–Kier alpha value is -0.610. The van der Waals surface area contributed by atoms with Crippen molar-refractivity contribution in [2.75, 3.05) is 32.7 Å². The van der Waals surface area contributed by atoms with Gasteiger partial charge in [-0.1, -0.05) is 6.92 Å². The summed E-state index contributed by atoms with van der Waals surface area (Å²) < 4.78 is 0. The zero-order valence-electron chi connectivity index (χ0n) is 12.3. The van der Waals surface area contributed by atoms with Gasteiger partial charge in [0, 0.05) is 25.0 Å². The van der Waals surface area contributed by atoms with Gasteiger partial charge in [0.1, 0.15) is 0 Å². The SMILES string of the molecule is CC(CCCN)C(=O)N1CCCC(N2CCCC2)C1. The molecule has 2 heterocycles. The van der Waals surface area contributed by atoms with Crippen molar-refractivity contribution < 1.29 is 4.79 Å². The lowest BCUT2D eigenvalue weighted by Crippen LogP contribution is -2.50. The van der Waals surface area contributed by atoms with Gasteiger partial charge in [-0.05, 0) is 58.2 Å². The molecular formula is C15H29N3O. The molecule has 0 spiro atoms. The molecule has 19 heavy (non-hydrogen) atoms.